The van der Waals surface area contributed by atoms with Crippen molar-refractivity contribution in [3.05, 3.63) is 47.7 Å². The molecule has 3 aromatic rings. The first-order valence-corrected chi connectivity index (χ1v) is 11.2. The van der Waals surface area contributed by atoms with Gasteiger partial charge in [0.25, 0.3) is 0 Å². The summed E-state index contributed by atoms with van der Waals surface area (Å²) in [6.45, 7) is 4.67. The van der Waals surface area contributed by atoms with Gasteiger partial charge in [0.15, 0.2) is 5.75 Å². The van der Waals surface area contributed by atoms with Gasteiger partial charge in [0.2, 0.25) is 17.2 Å². The Morgan fingerprint density at radius 3 is 2.53 bits per heavy atom. The molecule has 2 aromatic carbocycles. The number of nitrogens with zero attached hydrogens (tertiary/aromatic N) is 2. The van der Waals surface area contributed by atoms with E-state index in [0.29, 0.717) is 23.0 Å². The Morgan fingerprint density at radius 1 is 1.12 bits per heavy atom. The SMILES string of the molecule is COc1ccc2c(CCC3CCN(Cc4ccc(NC(C)=O)cc4)CC3)noc2c1OC. The van der Waals surface area contributed by atoms with Gasteiger partial charge in [-0.2, -0.15) is 0 Å². The van der Waals surface area contributed by atoms with Crippen LogP contribution in [0.4, 0.5) is 5.69 Å². The molecule has 0 unspecified atom stereocenters. The van der Waals surface area contributed by atoms with Gasteiger partial charge in [0.1, 0.15) is 0 Å². The fourth-order valence-electron chi connectivity index (χ4n) is 4.48. The number of methoxy groups -OCH3 is 2. The van der Waals surface area contributed by atoms with E-state index in [9.17, 15) is 4.79 Å². The van der Waals surface area contributed by atoms with Gasteiger partial charge in [-0.05, 0) is 74.5 Å². The van der Waals surface area contributed by atoms with Crippen molar-refractivity contribution in [3.8, 4) is 11.5 Å². The number of rotatable bonds is 8. The highest BCUT2D eigenvalue weighted by molar-refractivity contribution is 5.88. The predicted octanol–water partition coefficient (Wildman–Crippen LogP) is 4.65. The van der Waals surface area contributed by atoms with Crippen molar-refractivity contribution >= 4 is 22.6 Å². The zero-order valence-corrected chi connectivity index (χ0v) is 19.0. The fourth-order valence-corrected chi connectivity index (χ4v) is 4.48. The maximum atomic E-state index is 11.2. The van der Waals surface area contributed by atoms with E-state index in [1.165, 1.54) is 25.3 Å². The van der Waals surface area contributed by atoms with Gasteiger partial charge >= 0.3 is 0 Å². The highest BCUT2D eigenvalue weighted by Gasteiger charge is 2.21. The van der Waals surface area contributed by atoms with Crippen LogP contribution < -0.4 is 14.8 Å². The summed E-state index contributed by atoms with van der Waals surface area (Å²) >= 11 is 0. The number of amides is 1. The molecule has 4 rings (SSSR count). The molecular formula is C25H31N3O4. The standard InChI is InChI=1S/C25H31N3O4/c1-17(29)26-20-7-4-19(5-8-20)16-28-14-12-18(13-15-28)6-10-22-21-9-11-23(30-2)25(31-3)24(21)32-27-22/h4-5,7-9,11,18H,6,10,12-16H2,1-3H3,(H,26,29). The van der Waals surface area contributed by atoms with Crippen molar-refractivity contribution in [1.82, 2.24) is 10.1 Å². The lowest BCUT2D eigenvalue weighted by atomic mass is 9.91. The Labute approximate surface area is 188 Å². The van der Waals surface area contributed by atoms with Gasteiger partial charge in [-0.15, -0.1) is 0 Å². The lowest BCUT2D eigenvalue weighted by Gasteiger charge is -2.32. The highest BCUT2D eigenvalue weighted by atomic mass is 16.5. The van der Waals surface area contributed by atoms with Crippen LogP contribution in [-0.4, -0.2) is 43.3 Å². The second kappa shape index (κ2) is 10.0. The molecule has 1 amide bonds. The number of hydrogen-bond acceptors (Lipinski definition) is 6. The topological polar surface area (TPSA) is 76.8 Å². The molecule has 0 atom stereocenters. The van der Waals surface area contributed by atoms with Gasteiger partial charge in [0, 0.05) is 24.5 Å². The van der Waals surface area contributed by atoms with Gasteiger partial charge in [-0.1, -0.05) is 17.3 Å². The normalized spacial score (nSPS) is 15.1. The smallest absolute Gasteiger partial charge is 0.221 e. The van der Waals surface area contributed by atoms with E-state index in [4.69, 9.17) is 14.0 Å². The zero-order valence-electron chi connectivity index (χ0n) is 19.0. The Hall–Kier alpha value is -3.06. The van der Waals surface area contributed by atoms with Crippen LogP contribution in [0, 0.1) is 5.92 Å². The molecule has 1 aromatic heterocycles. The average molecular weight is 438 g/mol. The van der Waals surface area contributed by atoms with E-state index in [-0.39, 0.29) is 5.91 Å². The number of nitrogens with one attached hydrogen (secondary N) is 1. The minimum Gasteiger partial charge on any atom is -0.493 e. The molecule has 0 bridgehead atoms. The van der Waals surface area contributed by atoms with Crippen molar-refractivity contribution < 1.29 is 18.8 Å². The molecule has 1 aliphatic heterocycles. The third-order valence-corrected chi connectivity index (χ3v) is 6.24. The summed E-state index contributed by atoms with van der Waals surface area (Å²) in [7, 11) is 3.23. The summed E-state index contributed by atoms with van der Waals surface area (Å²) < 4.78 is 16.4. The Bertz CT molecular complexity index is 1050. The van der Waals surface area contributed by atoms with E-state index >= 15 is 0 Å². The molecule has 1 fully saturated rings. The van der Waals surface area contributed by atoms with Crippen molar-refractivity contribution in [2.24, 2.45) is 5.92 Å². The van der Waals surface area contributed by atoms with Gasteiger partial charge in [0.05, 0.1) is 19.9 Å². The first-order chi connectivity index (χ1) is 15.6. The molecule has 170 valence electrons. The quantitative estimate of drug-likeness (QED) is 0.553. The number of benzene rings is 2. The Balaban J connectivity index is 1.28. The number of carbonyl (C=O) groups is 1. The molecule has 2 heterocycles. The monoisotopic (exact) mass is 437 g/mol. The van der Waals surface area contributed by atoms with Crippen molar-refractivity contribution in [2.45, 2.75) is 39.2 Å². The summed E-state index contributed by atoms with van der Waals surface area (Å²) in [4.78, 5) is 13.7. The molecule has 7 heteroatoms. The second-order valence-electron chi connectivity index (χ2n) is 8.44. The third kappa shape index (κ3) is 5.05. The fraction of sp³-hybridized carbons (Fsp3) is 0.440. The largest absolute Gasteiger partial charge is 0.493 e. The van der Waals surface area contributed by atoms with E-state index in [2.05, 4.69) is 27.5 Å². The lowest BCUT2D eigenvalue weighted by molar-refractivity contribution is -0.114. The van der Waals surface area contributed by atoms with Crippen molar-refractivity contribution in [3.63, 3.8) is 0 Å². The van der Waals surface area contributed by atoms with Crippen LogP contribution in [0.15, 0.2) is 40.9 Å². The average Bonchev–Trinajstić information content (AvgIpc) is 3.22. The van der Waals surface area contributed by atoms with Crippen molar-refractivity contribution in [2.75, 3.05) is 32.6 Å². The van der Waals surface area contributed by atoms with Gasteiger partial charge in [-0.3, -0.25) is 9.69 Å². The number of fused-ring (bicyclic) bond motifs is 1. The van der Waals surface area contributed by atoms with E-state index < -0.39 is 0 Å². The maximum absolute atomic E-state index is 11.2. The number of aromatic nitrogens is 1. The summed E-state index contributed by atoms with van der Waals surface area (Å²) in [5, 5.41) is 8.13. The summed E-state index contributed by atoms with van der Waals surface area (Å²) in [5.41, 5.74) is 3.76. The third-order valence-electron chi connectivity index (χ3n) is 6.24. The van der Waals surface area contributed by atoms with Crippen LogP contribution in [-0.2, 0) is 17.8 Å². The number of ether oxygens (including phenoxy) is 2. The summed E-state index contributed by atoms with van der Waals surface area (Å²) in [6.07, 6.45) is 4.39. The first kappa shape index (κ1) is 22.1. The lowest BCUT2D eigenvalue weighted by Crippen LogP contribution is -2.33. The minimum atomic E-state index is -0.0442. The van der Waals surface area contributed by atoms with Crippen LogP contribution in [0.3, 0.4) is 0 Å². The maximum Gasteiger partial charge on any atom is 0.221 e. The second-order valence-corrected chi connectivity index (χ2v) is 8.44. The predicted molar refractivity (Wildman–Crippen MR) is 124 cm³/mol. The van der Waals surface area contributed by atoms with Crippen molar-refractivity contribution in [1.29, 1.82) is 0 Å². The van der Waals surface area contributed by atoms with E-state index in [0.717, 1.165) is 49.2 Å². The Kier molecular flexibility index (Phi) is 6.95. The molecule has 1 saturated heterocycles. The summed E-state index contributed by atoms with van der Waals surface area (Å²) in [6, 6.07) is 12.0. The van der Waals surface area contributed by atoms with Crippen LogP contribution in [0.1, 0.15) is 37.4 Å². The molecular weight excluding hydrogens is 406 g/mol. The van der Waals surface area contributed by atoms with Crippen LogP contribution >= 0.6 is 0 Å². The number of carbonyl (C=O) groups excluding carboxylic acids is 1. The molecule has 32 heavy (non-hydrogen) atoms. The molecule has 0 aliphatic carbocycles. The minimum absolute atomic E-state index is 0.0442. The van der Waals surface area contributed by atoms with Crippen LogP contribution in [0.25, 0.3) is 11.0 Å². The Morgan fingerprint density at radius 2 is 1.88 bits per heavy atom. The first-order valence-electron chi connectivity index (χ1n) is 11.2. The number of hydrogen-bond donors (Lipinski definition) is 1. The zero-order chi connectivity index (χ0) is 22.5. The number of piperidine rings is 1. The number of likely N-dealkylation sites (tertiary alicyclic amines) is 1. The summed E-state index contributed by atoms with van der Waals surface area (Å²) in [5.74, 6) is 1.90. The van der Waals surface area contributed by atoms with E-state index in [1.54, 1.807) is 14.2 Å². The molecule has 1 aliphatic rings. The molecule has 0 saturated carbocycles. The molecule has 7 nitrogen and oxygen atoms in total. The number of aryl methyl sites for hydroxylation is 1. The van der Waals surface area contributed by atoms with Crippen LogP contribution in [0.5, 0.6) is 11.5 Å². The molecule has 0 radical (unpaired) electrons. The van der Waals surface area contributed by atoms with Gasteiger partial charge in [-0.25, -0.2) is 0 Å². The van der Waals surface area contributed by atoms with E-state index in [1.807, 2.05) is 24.3 Å². The number of anilines is 1. The van der Waals surface area contributed by atoms with Gasteiger partial charge < -0.3 is 19.3 Å². The highest BCUT2D eigenvalue weighted by Crippen LogP contribution is 2.37. The molecule has 0 spiro atoms. The van der Waals surface area contributed by atoms with Crippen LogP contribution in [0.2, 0.25) is 0 Å². The molecule has 1 N–H and O–H groups in total.